The van der Waals surface area contributed by atoms with Crippen molar-refractivity contribution >= 4 is 28.5 Å². The van der Waals surface area contributed by atoms with Gasteiger partial charge in [-0.15, -0.1) is 0 Å². The highest BCUT2D eigenvalue weighted by Crippen LogP contribution is 2.33. The molecule has 1 saturated heterocycles. The van der Waals surface area contributed by atoms with E-state index >= 15 is 0 Å². The standard InChI is InChI=1S/C21H26F3N5O2.C9H18.C2H7NOS/c1-12-9-17(28-20-25-11-16(13(2)26-20)21(22,23)24)18(31-4)10-15(12)19(30)27-14-5-7-29(3)8-6-14;1-2-6-9-7-4-3-5-8-9;1-3-5(2)4/h9-11,14H,5-8H2,1-4H3,(H,27,30)(H,25,26,28);9H,2-8H2,1H3;3H,1-2H3. The average Bonchev–Trinajstić information content (AvgIpc) is 2.99. The van der Waals surface area contributed by atoms with Crippen LogP contribution >= 0.6 is 0 Å². The van der Waals surface area contributed by atoms with Crippen LogP contribution in [0.5, 0.6) is 5.75 Å². The molecule has 1 aromatic heterocycles. The highest BCUT2D eigenvalue weighted by molar-refractivity contribution is 7.82. The predicted octanol–water partition coefficient (Wildman–Crippen LogP) is 6.55. The zero-order chi connectivity index (χ0) is 33.6. The number of amides is 1. The number of halogens is 3. The third-order valence-corrected chi connectivity index (χ3v) is 8.66. The topological polar surface area (TPSA) is 108 Å². The fourth-order valence-electron chi connectivity index (χ4n) is 5.43. The van der Waals surface area contributed by atoms with E-state index in [1.165, 1.54) is 59.0 Å². The lowest BCUT2D eigenvalue weighted by atomic mass is 9.86. The van der Waals surface area contributed by atoms with Gasteiger partial charge in [-0.05, 0) is 77.5 Å². The van der Waals surface area contributed by atoms with Gasteiger partial charge < -0.3 is 20.3 Å². The Morgan fingerprint density at radius 1 is 1.11 bits per heavy atom. The SMILES string of the molecule is CCCC1CCCCC1.CNS(C)=O.COc1cc(C(=O)NC2CCN(C)CC2)c(C)cc1Nc1ncc(C(F)(F)F)c(C)n1. The number of rotatable bonds is 8. The summed E-state index contributed by atoms with van der Waals surface area (Å²) in [5.41, 5.74) is 0.551. The highest BCUT2D eigenvalue weighted by atomic mass is 32.2. The first-order valence-electron chi connectivity index (χ1n) is 15.7. The van der Waals surface area contributed by atoms with E-state index in [0.717, 1.165) is 38.0 Å². The van der Waals surface area contributed by atoms with Crippen LogP contribution in [0.3, 0.4) is 0 Å². The second kappa shape index (κ2) is 19.0. The van der Waals surface area contributed by atoms with Gasteiger partial charge in [0.2, 0.25) is 5.95 Å². The molecular weight excluding hydrogens is 605 g/mol. The van der Waals surface area contributed by atoms with Gasteiger partial charge in [-0.3, -0.25) is 4.79 Å². The van der Waals surface area contributed by atoms with Crippen molar-refractivity contribution in [3.63, 3.8) is 0 Å². The quantitative estimate of drug-likeness (QED) is 0.296. The maximum Gasteiger partial charge on any atom is 0.419 e. The predicted molar refractivity (Wildman–Crippen MR) is 175 cm³/mol. The van der Waals surface area contributed by atoms with E-state index in [-0.39, 0.29) is 23.6 Å². The molecule has 13 heteroatoms. The van der Waals surface area contributed by atoms with E-state index in [1.54, 1.807) is 32.4 Å². The van der Waals surface area contributed by atoms with Crippen LogP contribution in [-0.2, 0) is 17.2 Å². The van der Waals surface area contributed by atoms with Gasteiger partial charge in [0.05, 0.1) is 35.0 Å². The van der Waals surface area contributed by atoms with Crippen LogP contribution in [0.2, 0.25) is 0 Å². The number of hydrogen-bond acceptors (Lipinski definition) is 7. The summed E-state index contributed by atoms with van der Waals surface area (Å²) in [6.45, 7) is 7.22. The number of ether oxygens (including phenoxy) is 1. The molecule has 2 aromatic rings. The number of aromatic nitrogens is 2. The molecule has 1 atom stereocenters. The van der Waals surface area contributed by atoms with Gasteiger partial charge in [0, 0.05) is 24.1 Å². The number of nitrogens with one attached hydrogen (secondary N) is 3. The summed E-state index contributed by atoms with van der Waals surface area (Å²) in [6, 6.07) is 3.42. The van der Waals surface area contributed by atoms with Crippen LogP contribution < -0.4 is 20.1 Å². The number of methoxy groups -OCH3 is 1. The molecule has 9 nitrogen and oxygen atoms in total. The minimum atomic E-state index is -4.51. The lowest BCUT2D eigenvalue weighted by Gasteiger charge is -2.29. The number of aryl methyl sites for hydroxylation is 2. The second-order valence-electron chi connectivity index (χ2n) is 11.7. The molecule has 1 aliphatic heterocycles. The smallest absolute Gasteiger partial charge is 0.419 e. The molecule has 0 radical (unpaired) electrons. The molecule has 254 valence electrons. The molecule has 1 aromatic carbocycles. The molecule has 2 fully saturated rings. The summed E-state index contributed by atoms with van der Waals surface area (Å²) in [7, 11) is 4.33. The number of hydrogen-bond donors (Lipinski definition) is 3. The van der Waals surface area contributed by atoms with Crippen LogP contribution in [0.25, 0.3) is 0 Å². The van der Waals surface area contributed by atoms with Gasteiger partial charge in [-0.25, -0.2) is 18.9 Å². The Morgan fingerprint density at radius 3 is 2.24 bits per heavy atom. The van der Waals surface area contributed by atoms with Crippen LogP contribution in [0.15, 0.2) is 18.3 Å². The summed E-state index contributed by atoms with van der Waals surface area (Å²) < 4.78 is 56.5. The van der Waals surface area contributed by atoms with Gasteiger partial charge in [-0.1, -0.05) is 51.9 Å². The molecule has 3 N–H and O–H groups in total. The summed E-state index contributed by atoms with van der Waals surface area (Å²) >= 11 is 0. The number of nitrogens with zero attached hydrogens (tertiary/aromatic N) is 3. The van der Waals surface area contributed by atoms with Crippen LogP contribution in [0.1, 0.15) is 91.9 Å². The molecule has 1 saturated carbocycles. The van der Waals surface area contributed by atoms with Gasteiger partial charge in [0.25, 0.3) is 5.91 Å². The third-order valence-electron chi connectivity index (χ3n) is 8.09. The molecule has 4 rings (SSSR count). The lowest BCUT2D eigenvalue weighted by molar-refractivity contribution is -0.138. The normalized spacial score (nSPS) is 16.8. The lowest BCUT2D eigenvalue weighted by Crippen LogP contribution is -2.43. The summed E-state index contributed by atoms with van der Waals surface area (Å²) in [5, 5.41) is 5.96. The molecule has 1 unspecified atom stereocenters. The summed E-state index contributed by atoms with van der Waals surface area (Å²) in [6.07, 6.45) is 10.0. The van der Waals surface area contributed by atoms with Crippen molar-refractivity contribution in [2.75, 3.05) is 45.9 Å². The average molecular weight is 657 g/mol. The Bertz CT molecular complexity index is 1230. The maximum absolute atomic E-state index is 12.9. The van der Waals surface area contributed by atoms with Crippen molar-refractivity contribution in [3.8, 4) is 5.75 Å². The highest BCUT2D eigenvalue weighted by Gasteiger charge is 2.33. The monoisotopic (exact) mass is 656 g/mol. The Kier molecular flexibility index (Phi) is 16.2. The van der Waals surface area contributed by atoms with Gasteiger partial charge in [0.1, 0.15) is 5.75 Å². The summed E-state index contributed by atoms with van der Waals surface area (Å²) in [4.78, 5) is 22.7. The molecule has 0 spiro atoms. The number of carbonyl (C=O) groups excluding carboxylic acids is 1. The molecule has 1 amide bonds. The fraction of sp³-hybridized carbons (Fsp3) is 0.656. The number of likely N-dealkylation sites (tertiary alicyclic amines) is 1. The van der Waals surface area contributed by atoms with Crippen LogP contribution in [0.4, 0.5) is 24.8 Å². The van der Waals surface area contributed by atoms with E-state index in [0.29, 0.717) is 22.6 Å². The summed E-state index contributed by atoms with van der Waals surface area (Å²) in [5.74, 6) is 1.29. The Hall–Kier alpha value is -2.77. The van der Waals surface area contributed by atoms with Crippen molar-refractivity contribution in [1.29, 1.82) is 0 Å². The fourth-order valence-corrected chi connectivity index (χ4v) is 5.43. The van der Waals surface area contributed by atoms with Gasteiger partial charge in [0.15, 0.2) is 0 Å². The first kappa shape index (κ1) is 38.4. The second-order valence-corrected chi connectivity index (χ2v) is 13.0. The first-order valence-corrected chi connectivity index (χ1v) is 17.2. The van der Waals surface area contributed by atoms with E-state index < -0.39 is 22.7 Å². The first-order chi connectivity index (χ1) is 21.3. The van der Waals surface area contributed by atoms with Gasteiger partial charge >= 0.3 is 6.18 Å². The van der Waals surface area contributed by atoms with Crippen LogP contribution in [0, 0.1) is 19.8 Å². The van der Waals surface area contributed by atoms with E-state index in [9.17, 15) is 22.2 Å². The Balaban J connectivity index is 0.000000415. The molecular formula is C32H51F3N6O3S. The number of anilines is 2. The Labute approximate surface area is 269 Å². The third kappa shape index (κ3) is 13.2. The number of piperidine rings is 1. The zero-order valence-corrected chi connectivity index (χ0v) is 28.6. The minimum Gasteiger partial charge on any atom is -0.495 e. The molecule has 0 bridgehead atoms. The number of carbonyl (C=O) groups is 1. The number of alkyl halides is 3. The van der Waals surface area contributed by atoms with E-state index in [4.69, 9.17) is 4.74 Å². The number of benzene rings is 1. The van der Waals surface area contributed by atoms with Crippen molar-refractivity contribution < 1.29 is 26.9 Å². The van der Waals surface area contributed by atoms with Gasteiger partial charge in [-0.2, -0.15) is 13.2 Å². The minimum absolute atomic E-state index is 0.00623. The van der Waals surface area contributed by atoms with E-state index in [2.05, 4.69) is 44.2 Å². The largest absolute Gasteiger partial charge is 0.495 e. The van der Waals surface area contributed by atoms with Crippen molar-refractivity contribution in [2.24, 2.45) is 5.92 Å². The van der Waals surface area contributed by atoms with Crippen molar-refractivity contribution in [1.82, 2.24) is 24.9 Å². The molecule has 45 heavy (non-hydrogen) atoms. The zero-order valence-electron chi connectivity index (χ0n) is 27.8. The molecule has 2 aliphatic rings. The van der Waals surface area contributed by atoms with Crippen LogP contribution in [-0.4, -0.2) is 71.6 Å². The maximum atomic E-state index is 12.9. The molecule has 2 heterocycles. The van der Waals surface area contributed by atoms with E-state index in [1.807, 2.05) is 0 Å². The molecule has 1 aliphatic carbocycles. The van der Waals surface area contributed by atoms with Crippen molar-refractivity contribution in [3.05, 3.63) is 40.7 Å². The Morgan fingerprint density at radius 2 is 1.73 bits per heavy atom. The van der Waals surface area contributed by atoms with Crippen molar-refractivity contribution in [2.45, 2.75) is 90.8 Å².